The number of rotatable bonds is 12. The van der Waals surface area contributed by atoms with E-state index in [1.807, 2.05) is 0 Å². The van der Waals surface area contributed by atoms with Crippen LogP contribution in [-0.2, 0) is 10.0 Å². The molecule has 2 aromatic heterocycles. The van der Waals surface area contributed by atoms with Gasteiger partial charge in [0.2, 0.25) is 21.8 Å². The quantitative estimate of drug-likeness (QED) is 0.170. The van der Waals surface area contributed by atoms with Gasteiger partial charge in [-0.2, -0.15) is 0 Å². The van der Waals surface area contributed by atoms with Crippen molar-refractivity contribution in [3.8, 4) is 28.8 Å². The molecular formula is C29H36BrFN4O6SSi. The van der Waals surface area contributed by atoms with Gasteiger partial charge in [0.1, 0.15) is 34.0 Å². The maximum Gasteiger partial charge on any atom is 0.246 e. The van der Waals surface area contributed by atoms with Crippen molar-refractivity contribution in [2.24, 2.45) is 0 Å². The molecule has 10 nitrogen and oxygen atoms in total. The van der Waals surface area contributed by atoms with E-state index in [0.29, 0.717) is 34.8 Å². The van der Waals surface area contributed by atoms with Crippen LogP contribution in [0, 0.1) is 12.7 Å². The standard InChI is InChI=1S/C29H36BrFN4O6SSi/c1-18-11-14-25(41-18)28-32-33-29(35(28)26-23(39-3)9-8-10-24(26)40-4)34(15-16-43(5,6)7)42(37,38)19(2)27(36)21-13-12-20(31)17-22(21)30/h8-14,17,19,27,36H,15-16H2,1-7H3. The van der Waals surface area contributed by atoms with Crippen LogP contribution in [0.3, 0.4) is 0 Å². The molecule has 2 unspecified atom stereocenters. The molecule has 2 atom stereocenters. The Morgan fingerprint density at radius 2 is 1.74 bits per heavy atom. The number of methoxy groups -OCH3 is 2. The molecule has 14 heteroatoms. The van der Waals surface area contributed by atoms with Crippen LogP contribution in [0.25, 0.3) is 17.3 Å². The zero-order chi connectivity index (χ0) is 31.7. The first-order valence-electron chi connectivity index (χ1n) is 13.6. The van der Waals surface area contributed by atoms with E-state index in [4.69, 9.17) is 13.9 Å². The monoisotopic (exact) mass is 694 g/mol. The lowest BCUT2D eigenvalue weighted by Crippen LogP contribution is -2.44. The van der Waals surface area contributed by atoms with E-state index in [0.717, 1.165) is 0 Å². The van der Waals surface area contributed by atoms with Gasteiger partial charge in [-0.05, 0) is 61.9 Å². The van der Waals surface area contributed by atoms with Crippen LogP contribution >= 0.6 is 15.9 Å². The number of para-hydroxylation sites is 1. The van der Waals surface area contributed by atoms with Gasteiger partial charge in [0.15, 0.2) is 5.76 Å². The van der Waals surface area contributed by atoms with Crippen LogP contribution in [0.2, 0.25) is 25.7 Å². The number of aliphatic hydroxyl groups is 1. The van der Waals surface area contributed by atoms with Crippen molar-refractivity contribution in [1.82, 2.24) is 14.8 Å². The number of hydrogen-bond acceptors (Lipinski definition) is 8. The van der Waals surface area contributed by atoms with Gasteiger partial charge in [-0.25, -0.2) is 17.1 Å². The summed E-state index contributed by atoms with van der Waals surface area (Å²) in [6.45, 7) is 9.69. The van der Waals surface area contributed by atoms with E-state index in [9.17, 15) is 17.9 Å². The van der Waals surface area contributed by atoms with Crippen LogP contribution in [-0.4, -0.2) is 62.4 Å². The number of benzene rings is 2. The Balaban J connectivity index is 1.97. The van der Waals surface area contributed by atoms with Gasteiger partial charge in [-0.1, -0.05) is 47.7 Å². The van der Waals surface area contributed by atoms with Gasteiger partial charge in [0, 0.05) is 19.1 Å². The second-order valence-electron chi connectivity index (χ2n) is 11.3. The Morgan fingerprint density at radius 3 is 2.28 bits per heavy atom. The minimum Gasteiger partial charge on any atom is -0.494 e. The highest BCUT2D eigenvalue weighted by Crippen LogP contribution is 2.40. The third-order valence-electron chi connectivity index (χ3n) is 7.02. The fraction of sp³-hybridized carbons (Fsp3) is 0.379. The fourth-order valence-electron chi connectivity index (χ4n) is 4.55. The number of furan rings is 1. The van der Waals surface area contributed by atoms with Crippen LogP contribution in [0.15, 0.2) is 57.4 Å². The summed E-state index contributed by atoms with van der Waals surface area (Å²) in [5.41, 5.74) is 0.612. The number of halogens is 2. The molecule has 0 aliphatic carbocycles. The molecule has 0 amide bonds. The molecule has 4 rings (SSSR count). The van der Waals surface area contributed by atoms with Crippen molar-refractivity contribution < 1.29 is 31.8 Å². The van der Waals surface area contributed by atoms with Crippen LogP contribution in [0.1, 0.15) is 24.4 Å². The molecule has 2 aromatic carbocycles. The van der Waals surface area contributed by atoms with Gasteiger partial charge in [-0.3, -0.25) is 4.57 Å². The Hall–Kier alpha value is -3.20. The number of nitrogens with zero attached hydrogens (tertiary/aromatic N) is 4. The minimum absolute atomic E-state index is 0.0256. The molecule has 0 fully saturated rings. The SMILES string of the molecule is COc1cccc(OC)c1-n1c(-c2ccc(C)o2)nnc1N(CC[Si](C)(C)C)S(=O)(=O)C(C)C(O)c1ccc(F)cc1Br. The smallest absolute Gasteiger partial charge is 0.246 e. The maximum absolute atomic E-state index is 14.5. The number of aliphatic hydroxyl groups excluding tert-OH is 1. The van der Waals surface area contributed by atoms with E-state index < -0.39 is 35.3 Å². The zero-order valence-electron chi connectivity index (χ0n) is 25.1. The highest BCUT2D eigenvalue weighted by Gasteiger charge is 2.40. The average Bonchev–Trinajstić information content (AvgIpc) is 3.57. The van der Waals surface area contributed by atoms with Crippen LogP contribution in [0.4, 0.5) is 10.3 Å². The van der Waals surface area contributed by atoms with Gasteiger partial charge in [-0.15, -0.1) is 10.2 Å². The second-order valence-corrected chi connectivity index (χ2v) is 20.0. The summed E-state index contributed by atoms with van der Waals surface area (Å²) < 4.78 is 63.1. The molecule has 0 bridgehead atoms. The predicted octanol–water partition coefficient (Wildman–Crippen LogP) is 6.35. The summed E-state index contributed by atoms with van der Waals surface area (Å²) in [4.78, 5) is 0. The fourth-order valence-corrected chi connectivity index (χ4v) is 7.75. The van der Waals surface area contributed by atoms with Gasteiger partial charge in [0.25, 0.3) is 0 Å². The lowest BCUT2D eigenvalue weighted by atomic mass is 10.1. The third-order valence-corrected chi connectivity index (χ3v) is 11.6. The summed E-state index contributed by atoms with van der Waals surface area (Å²) in [5, 5.41) is 18.8. The molecule has 0 saturated heterocycles. The largest absolute Gasteiger partial charge is 0.494 e. The first-order valence-corrected chi connectivity index (χ1v) is 19.6. The summed E-state index contributed by atoms with van der Waals surface area (Å²) in [6, 6.07) is 13.0. The average molecular weight is 696 g/mol. The summed E-state index contributed by atoms with van der Waals surface area (Å²) >= 11 is 3.26. The van der Waals surface area contributed by atoms with Gasteiger partial charge in [0.05, 0.1) is 20.3 Å². The maximum atomic E-state index is 14.5. The normalized spacial score (nSPS) is 13.5. The molecular weight excluding hydrogens is 659 g/mol. The van der Waals surface area contributed by atoms with Gasteiger partial charge >= 0.3 is 0 Å². The summed E-state index contributed by atoms with van der Waals surface area (Å²) in [6.07, 6.45) is -1.49. The van der Waals surface area contributed by atoms with Crippen LogP contribution < -0.4 is 13.8 Å². The number of hydrogen-bond donors (Lipinski definition) is 1. The first-order chi connectivity index (χ1) is 20.2. The molecule has 0 aliphatic rings. The predicted molar refractivity (Wildman–Crippen MR) is 170 cm³/mol. The van der Waals surface area contributed by atoms with E-state index in [-0.39, 0.29) is 28.4 Å². The molecule has 4 aromatic rings. The molecule has 1 N–H and O–H groups in total. The lowest BCUT2D eigenvalue weighted by Gasteiger charge is -2.31. The molecule has 0 saturated carbocycles. The molecule has 232 valence electrons. The summed E-state index contributed by atoms with van der Waals surface area (Å²) in [7, 11) is -3.14. The highest BCUT2D eigenvalue weighted by molar-refractivity contribution is 9.10. The number of anilines is 1. The minimum atomic E-state index is -4.33. The number of sulfonamides is 1. The molecule has 0 radical (unpaired) electrons. The van der Waals surface area contributed by atoms with Crippen molar-refractivity contribution in [2.45, 2.75) is 50.9 Å². The Kier molecular flexibility index (Phi) is 9.74. The Bertz CT molecular complexity index is 1680. The van der Waals surface area contributed by atoms with E-state index >= 15 is 0 Å². The number of aryl methyl sites for hydroxylation is 1. The third kappa shape index (κ3) is 6.81. The van der Waals surface area contributed by atoms with E-state index in [1.54, 1.807) is 41.8 Å². The van der Waals surface area contributed by atoms with Crippen molar-refractivity contribution in [1.29, 1.82) is 0 Å². The molecule has 43 heavy (non-hydrogen) atoms. The highest BCUT2D eigenvalue weighted by atomic mass is 79.9. The van der Waals surface area contributed by atoms with E-state index in [1.165, 1.54) is 43.6 Å². The lowest BCUT2D eigenvalue weighted by molar-refractivity contribution is 0.175. The van der Waals surface area contributed by atoms with Crippen molar-refractivity contribution in [3.05, 3.63) is 70.1 Å². The Labute approximate surface area is 260 Å². The van der Waals surface area contributed by atoms with E-state index in [2.05, 4.69) is 45.8 Å². The molecule has 0 spiro atoms. The Morgan fingerprint density at radius 1 is 1.09 bits per heavy atom. The van der Waals surface area contributed by atoms with Crippen molar-refractivity contribution >= 4 is 40.0 Å². The zero-order valence-corrected chi connectivity index (χ0v) is 28.5. The number of aromatic nitrogens is 3. The van der Waals surface area contributed by atoms with Crippen LogP contribution in [0.5, 0.6) is 11.5 Å². The van der Waals surface area contributed by atoms with Crippen molar-refractivity contribution in [3.63, 3.8) is 0 Å². The van der Waals surface area contributed by atoms with Gasteiger partial charge < -0.3 is 19.0 Å². The molecule has 2 heterocycles. The summed E-state index contributed by atoms with van der Waals surface area (Å²) in [5.74, 6) is 1.44. The van der Waals surface area contributed by atoms with Crippen molar-refractivity contribution in [2.75, 3.05) is 25.1 Å². The molecule has 0 aliphatic heterocycles. The topological polar surface area (TPSA) is 120 Å². The second kappa shape index (κ2) is 12.8. The number of ether oxygens (including phenoxy) is 2. The first kappa shape index (κ1) is 32.7.